The minimum Gasteiger partial charge on any atom is -0.455 e. The average molecular weight is 526 g/mol. The molecule has 0 unspecified atom stereocenters. The SMILES string of the molecule is CC1(C)c2ccccc2-c2ccc(-c3cc4c5ccccc5oc4c4c5ccccc5n(-c5ccccc5)c34)cc21. The summed E-state index contributed by atoms with van der Waals surface area (Å²) in [5.41, 5.74) is 13.2. The van der Waals surface area contributed by atoms with E-state index in [1.165, 1.54) is 49.8 Å². The molecule has 0 saturated carbocycles. The molecule has 1 aliphatic rings. The van der Waals surface area contributed by atoms with Crippen LogP contribution >= 0.6 is 0 Å². The molecule has 6 aromatic carbocycles. The molecule has 2 aromatic heterocycles. The quantitative estimate of drug-likeness (QED) is 0.219. The molecule has 194 valence electrons. The maximum Gasteiger partial charge on any atom is 0.145 e. The van der Waals surface area contributed by atoms with Gasteiger partial charge < -0.3 is 8.98 Å². The van der Waals surface area contributed by atoms with Crippen molar-refractivity contribution in [1.82, 2.24) is 4.57 Å². The van der Waals surface area contributed by atoms with Crippen molar-refractivity contribution in [2.24, 2.45) is 0 Å². The largest absolute Gasteiger partial charge is 0.455 e. The maximum absolute atomic E-state index is 6.65. The van der Waals surface area contributed by atoms with Crippen LogP contribution < -0.4 is 0 Å². The molecule has 0 fully saturated rings. The van der Waals surface area contributed by atoms with Crippen molar-refractivity contribution >= 4 is 43.7 Å². The van der Waals surface area contributed by atoms with Gasteiger partial charge in [0.2, 0.25) is 0 Å². The molecular formula is C39H27NO. The fourth-order valence-corrected chi connectivity index (χ4v) is 7.27. The Morgan fingerprint density at radius 3 is 2.15 bits per heavy atom. The zero-order valence-corrected chi connectivity index (χ0v) is 23.0. The van der Waals surface area contributed by atoms with Crippen LogP contribution in [0.15, 0.2) is 132 Å². The lowest BCUT2D eigenvalue weighted by molar-refractivity contribution is 0.660. The smallest absolute Gasteiger partial charge is 0.145 e. The summed E-state index contributed by atoms with van der Waals surface area (Å²) < 4.78 is 9.07. The predicted octanol–water partition coefficient (Wildman–Crippen LogP) is 10.7. The number of nitrogens with zero attached hydrogens (tertiary/aromatic N) is 1. The fourth-order valence-electron chi connectivity index (χ4n) is 7.27. The number of benzene rings is 6. The number of para-hydroxylation sites is 3. The third-order valence-corrected chi connectivity index (χ3v) is 9.19. The van der Waals surface area contributed by atoms with Gasteiger partial charge in [-0.2, -0.15) is 0 Å². The molecule has 2 nitrogen and oxygen atoms in total. The van der Waals surface area contributed by atoms with Crippen LogP contribution in [0.3, 0.4) is 0 Å². The summed E-state index contributed by atoms with van der Waals surface area (Å²) in [6.07, 6.45) is 0. The van der Waals surface area contributed by atoms with Crippen LogP contribution in [0, 0.1) is 0 Å². The normalized spacial score (nSPS) is 13.8. The average Bonchev–Trinajstić information content (AvgIpc) is 3.63. The monoisotopic (exact) mass is 525 g/mol. The number of fused-ring (bicyclic) bond motifs is 10. The summed E-state index contributed by atoms with van der Waals surface area (Å²) in [5.74, 6) is 0. The van der Waals surface area contributed by atoms with Crippen LogP contribution in [0.1, 0.15) is 25.0 Å². The third kappa shape index (κ3) is 2.97. The molecule has 1 aliphatic carbocycles. The van der Waals surface area contributed by atoms with E-state index in [1.54, 1.807) is 0 Å². The van der Waals surface area contributed by atoms with Crippen LogP contribution in [-0.4, -0.2) is 4.57 Å². The Balaban J connectivity index is 1.47. The summed E-state index contributed by atoms with van der Waals surface area (Å²) >= 11 is 0. The Morgan fingerprint density at radius 1 is 0.561 bits per heavy atom. The highest BCUT2D eigenvalue weighted by Gasteiger charge is 2.35. The van der Waals surface area contributed by atoms with E-state index < -0.39 is 0 Å². The summed E-state index contributed by atoms with van der Waals surface area (Å²) in [5, 5.41) is 4.67. The van der Waals surface area contributed by atoms with Crippen LogP contribution in [0.2, 0.25) is 0 Å². The van der Waals surface area contributed by atoms with Gasteiger partial charge in [0, 0.05) is 32.8 Å². The topological polar surface area (TPSA) is 18.1 Å². The van der Waals surface area contributed by atoms with Crippen LogP contribution in [0.4, 0.5) is 0 Å². The fraction of sp³-hybridized carbons (Fsp3) is 0.0769. The molecular weight excluding hydrogens is 498 g/mol. The lowest BCUT2D eigenvalue weighted by Crippen LogP contribution is -2.14. The van der Waals surface area contributed by atoms with E-state index in [4.69, 9.17) is 4.42 Å². The Bertz CT molecular complexity index is 2330. The molecule has 0 spiro atoms. The van der Waals surface area contributed by atoms with E-state index in [2.05, 4.69) is 146 Å². The maximum atomic E-state index is 6.65. The van der Waals surface area contributed by atoms with Gasteiger partial charge in [-0.25, -0.2) is 0 Å². The molecule has 8 aromatic rings. The first-order chi connectivity index (χ1) is 20.1. The van der Waals surface area contributed by atoms with Crippen LogP contribution in [-0.2, 0) is 5.41 Å². The van der Waals surface area contributed by atoms with Crippen LogP contribution in [0.25, 0.3) is 71.7 Å². The van der Waals surface area contributed by atoms with Gasteiger partial charge in [-0.05, 0) is 64.2 Å². The molecule has 41 heavy (non-hydrogen) atoms. The highest BCUT2D eigenvalue weighted by Crippen LogP contribution is 2.51. The summed E-state index contributed by atoms with van der Waals surface area (Å²) in [6, 6.07) is 46.1. The zero-order chi connectivity index (χ0) is 27.3. The molecule has 0 atom stereocenters. The molecule has 0 bridgehead atoms. The van der Waals surface area contributed by atoms with Crippen molar-refractivity contribution in [3.8, 4) is 27.9 Å². The second kappa shape index (κ2) is 7.99. The number of furan rings is 1. The van der Waals surface area contributed by atoms with Gasteiger partial charge >= 0.3 is 0 Å². The van der Waals surface area contributed by atoms with Gasteiger partial charge in [0.05, 0.1) is 16.4 Å². The van der Waals surface area contributed by atoms with Gasteiger partial charge in [-0.3, -0.25) is 0 Å². The van der Waals surface area contributed by atoms with Crippen molar-refractivity contribution in [1.29, 1.82) is 0 Å². The van der Waals surface area contributed by atoms with E-state index in [0.29, 0.717) is 0 Å². The number of rotatable bonds is 2. The van der Waals surface area contributed by atoms with E-state index in [1.807, 2.05) is 0 Å². The number of hydrogen-bond donors (Lipinski definition) is 0. The highest BCUT2D eigenvalue weighted by molar-refractivity contribution is 6.27. The molecule has 2 heteroatoms. The molecule has 2 heterocycles. The second-order valence-corrected chi connectivity index (χ2v) is 11.7. The summed E-state index contributed by atoms with van der Waals surface area (Å²) in [6.45, 7) is 4.70. The van der Waals surface area contributed by atoms with Crippen molar-refractivity contribution in [2.45, 2.75) is 19.3 Å². The van der Waals surface area contributed by atoms with Crippen molar-refractivity contribution < 1.29 is 4.42 Å². The van der Waals surface area contributed by atoms with Gasteiger partial charge in [0.15, 0.2) is 0 Å². The van der Waals surface area contributed by atoms with E-state index in [-0.39, 0.29) is 5.41 Å². The van der Waals surface area contributed by atoms with Gasteiger partial charge in [0.25, 0.3) is 0 Å². The lowest BCUT2D eigenvalue weighted by Gasteiger charge is -2.22. The molecule has 0 radical (unpaired) electrons. The standard InChI is InChI=1S/C39H27NO/c1-39(2)32-17-9-6-14-26(32)27-21-20-24(22-33(27)39)30-23-31-28-15-8-11-19-35(28)41-38(31)36-29-16-7-10-18-34(29)40(37(30)36)25-12-4-3-5-13-25/h3-23H,1-2H3. The predicted molar refractivity (Wildman–Crippen MR) is 171 cm³/mol. The number of hydrogen-bond acceptors (Lipinski definition) is 1. The Kier molecular flexibility index (Phi) is 4.42. The minimum absolute atomic E-state index is 0.0698. The molecule has 0 aliphatic heterocycles. The summed E-state index contributed by atoms with van der Waals surface area (Å²) in [4.78, 5) is 0. The highest BCUT2D eigenvalue weighted by atomic mass is 16.3. The first-order valence-electron chi connectivity index (χ1n) is 14.3. The number of aromatic nitrogens is 1. The van der Waals surface area contributed by atoms with Gasteiger partial charge in [-0.15, -0.1) is 0 Å². The van der Waals surface area contributed by atoms with Crippen molar-refractivity contribution in [3.05, 3.63) is 139 Å². The van der Waals surface area contributed by atoms with Crippen LogP contribution in [0.5, 0.6) is 0 Å². The zero-order valence-electron chi connectivity index (χ0n) is 23.0. The molecule has 0 N–H and O–H groups in total. The van der Waals surface area contributed by atoms with Crippen molar-refractivity contribution in [2.75, 3.05) is 0 Å². The third-order valence-electron chi connectivity index (χ3n) is 9.19. The van der Waals surface area contributed by atoms with Gasteiger partial charge in [0.1, 0.15) is 11.2 Å². The Morgan fingerprint density at radius 2 is 1.27 bits per heavy atom. The Labute approximate surface area is 238 Å². The second-order valence-electron chi connectivity index (χ2n) is 11.7. The van der Waals surface area contributed by atoms with E-state index in [9.17, 15) is 0 Å². The molecule has 0 amide bonds. The molecule has 0 saturated heterocycles. The lowest BCUT2D eigenvalue weighted by atomic mass is 9.81. The van der Waals surface area contributed by atoms with E-state index in [0.717, 1.165) is 33.0 Å². The van der Waals surface area contributed by atoms with Gasteiger partial charge in [-0.1, -0.05) is 105 Å². The summed E-state index contributed by atoms with van der Waals surface area (Å²) in [7, 11) is 0. The first-order valence-corrected chi connectivity index (χ1v) is 14.3. The van der Waals surface area contributed by atoms with Crippen molar-refractivity contribution in [3.63, 3.8) is 0 Å². The first kappa shape index (κ1) is 22.7. The minimum atomic E-state index is -0.0698. The van der Waals surface area contributed by atoms with E-state index >= 15 is 0 Å². The Hall–Kier alpha value is -5.08. The molecule has 9 rings (SSSR count).